The Morgan fingerprint density at radius 2 is 2.50 bits per heavy atom. The second-order valence-electron chi connectivity index (χ2n) is 2.36. The molecule has 0 saturated heterocycles. The van der Waals surface area contributed by atoms with Gasteiger partial charge in [-0.1, -0.05) is 0 Å². The first-order valence-corrected chi connectivity index (χ1v) is 3.47. The van der Waals surface area contributed by atoms with E-state index >= 15 is 0 Å². The summed E-state index contributed by atoms with van der Waals surface area (Å²) in [4.78, 5) is 10.6. The van der Waals surface area contributed by atoms with Gasteiger partial charge in [-0.25, -0.2) is 4.79 Å². The molecule has 6 heteroatoms. The van der Waals surface area contributed by atoms with Crippen LogP contribution in [0.3, 0.4) is 0 Å². The number of rotatable bonds is 1. The highest BCUT2D eigenvalue weighted by molar-refractivity contribution is 5.93. The van der Waals surface area contributed by atoms with E-state index in [1.807, 2.05) is 0 Å². The maximum atomic E-state index is 10.6. The molecule has 0 amide bonds. The first-order chi connectivity index (χ1) is 5.79. The van der Waals surface area contributed by atoms with Gasteiger partial charge in [0.1, 0.15) is 12.3 Å². The number of ether oxygens (including phenoxy) is 1. The molecular formula is C6H7N3O3. The minimum absolute atomic E-state index is 0.0460. The van der Waals surface area contributed by atoms with Crippen molar-refractivity contribution in [3.63, 3.8) is 0 Å². The third kappa shape index (κ3) is 0.884. The fourth-order valence-corrected chi connectivity index (χ4v) is 1.07. The molecule has 0 radical (unpaired) electrons. The Kier molecular flexibility index (Phi) is 1.39. The number of aromatic nitrogens is 2. The van der Waals surface area contributed by atoms with E-state index in [0.29, 0.717) is 24.7 Å². The maximum Gasteiger partial charge on any atom is 0.356 e. The molecule has 12 heavy (non-hydrogen) atoms. The zero-order valence-electron chi connectivity index (χ0n) is 6.13. The molecular weight excluding hydrogens is 162 g/mol. The van der Waals surface area contributed by atoms with Crippen LogP contribution < -0.4 is 10.1 Å². The van der Waals surface area contributed by atoms with Gasteiger partial charge in [0, 0.05) is 6.54 Å². The van der Waals surface area contributed by atoms with Crippen molar-refractivity contribution in [1.82, 2.24) is 10.2 Å². The predicted octanol–water partition coefficient (Wildman–Crippen LogP) is -0.0878. The summed E-state index contributed by atoms with van der Waals surface area (Å²) in [7, 11) is 0. The van der Waals surface area contributed by atoms with Gasteiger partial charge < -0.3 is 15.2 Å². The van der Waals surface area contributed by atoms with Crippen molar-refractivity contribution >= 4 is 11.7 Å². The number of carboxylic acid groups (broad SMARTS) is 1. The summed E-state index contributed by atoms with van der Waals surface area (Å²) in [6.07, 6.45) is 0. The highest BCUT2D eigenvalue weighted by Crippen LogP contribution is 2.27. The van der Waals surface area contributed by atoms with Crippen LogP contribution in [0.5, 0.6) is 5.88 Å². The molecule has 1 aromatic heterocycles. The highest BCUT2D eigenvalue weighted by Gasteiger charge is 2.21. The lowest BCUT2D eigenvalue weighted by Crippen LogP contribution is -2.18. The zero-order chi connectivity index (χ0) is 8.55. The van der Waals surface area contributed by atoms with E-state index in [0.717, 1.165) is 0 Å². The Labute approximate surface area is 67.5 Å². The number of carbonyl (C=O) groups is 1. The molecule has 0 fully saturated rings. The van der Waals surface area contributed by atoms with Crippen LogP contribution in [0.15, 0.2) is 0 Å². The number of nitrogens with zero attached hydrogens (tertiary/aromatic N) is 1. The fourth-order valence-electron chi connectivity index (χ4n) is 1.07. The van der Waals surface area contributed by atoms with Crippen molar-refractivity contribution in [3.8, 4) is 5.88 Å². The average molecular weight is 169 g/mol. The molecule has 0 saturated carbocycles. The smallest absolute Gasteiger partial charge is 0.356 e. The van der Waals surface area contributed by atoms with Gasteiger partial charge in [0.05, 0.1) is 0 Å². The summed E-state index contributed by atoms with van der Waals surface area (Å²) in [6.45, 7) is 1.11. The second-order valence-corrected chi connectivity index (χ2v) is 2.36. The minimum atomic E-state index is -1.04. The van der Waals surface area contributed by atoms with E-state index in [1.165, 1.54) is 0 Å². The molecule has 2 rings (SSSR count). The molecule has 0 atom stereocenters. The third-order valence-electron chi connectivity index (χ3n) is 1.59. The van der Waals surface area contributed by atoms with Crippen LogP contribution in [0.25, 0.3) is 0 Å². The first kappa shape index (κ1) is 6.96. The molecule has 0 spiro atoms. The van der Waals surface area contributed by atoms with Crippen molar-refractivity contribution in [2.75, 3.05) is 18.5 Å². The first-order valence-electron chi connectivity index (χ1n) is 3.47. The number of fused-ring (bicyclic) bond motifs is 1. The lowest BCUT2D eigenvalue weighted by atomic mass is 10.3. The fraction of sp³-hybridized carbons (Fsp3) is 0.333. The van der Waals surface area contributed by atoms with E-state index in [4.69, 9.17) is 9.84 Å². The summed E-state index contributed by atoms with van der Waals surface area (Å²) < 4.78 is 5.09. The molecule has 1 aliphatic rings. The van der Waals surface area contributed by atoms with Crippen LogP contribution in [0.1, 0.15) is 10.5 Å². The largest absolute Gasteiger partial charge is 0.476 e. The Morgan fingerprint density at radius 3 is 3.25 bits per heavy atom. The average Bonchev–Trinajstić information content (AvgIpc) is 2.47. The number of nitrogens with one attached hydrogen (secondary N) is 2. The number of aromatic carboxylic acids is 1. The van der Waals surface area contributed by atoms with Gasteiger partial charge in [-0.05, 0) is 0 Å². The van der Waals surface area contributed by atoms with Gasteiger partial charge in [0.25, 0.3) is 5.88 Å². The van der Waals surface area contributed by atoms with Crippen molar-refractivity contribution in [1.29, 1.82) is 0 Å². The lowest BCUT2D eigenvalue weighted by molar-refractivity contribution is 0.0691. The minimum Gasteiger partial charge on any atom is -0.476 e. The summed E-state index contributed by atoms with van der Waals surface area (Å²) in [5.41, 5.74) is 0.485. The maximum absolute atomic E-state index is 10.6. The third-order valence-corrected chi connectivity index (χ3v) is 1.59. The van der Waals surface area contributed by atoms with Crippen LogP contribution in [0.2, 0.25) is 0 Å². The van der Waals surface area contributed by atoms with Gasteiger partial charge in [0.2, 0.25) is 0 Å². The molecule has 1 aliphatic heterocycles. The number of hydrogen-bond acceptors (Lipinski definition) is 4. The number of anilines is 1. The van der Waals surface area contributed by atoms with E-state index in [-0.39, 0.29) is 5.69 Å². The molecule has 0 bridgehead atoms. The quantitative estimate of drug-likeness (QED) is 0.547. The number of carboxylic acids is 1. The van der Waals surface area contributed by atoms with Crippen molar-refractivity contribution in [2.45, 2.75) is 0 Å². The van der Waals surface area contributed by atoms with Gasteiger partial charge in [-0.15, -0.1) is 5.10 Å². The zero-order valence-corrected chi connectivity index (χ0v) is 6.13. The molecule has 1 aromatic rings. The van der Waals surface area contributed by atoms with E-state index in [2.05, 4.69) is 15.5 Å². The standard InChI is InChI=1S/C6H7N3O3/c10-6(11)4-3-5(9-8-4)12-2-1-7-3/h7H,1-2H2,(H,8,9)(H,10,11). The molecule has 6 nitrogen and oxygen atoms in total. The Balaban J connectivity index is 2.44. The van der Waals surface area contributed by atoms with Gasteiger partial charge >= 0.3 is 5.97 Å². The second kappa shape index (κ2) is 2.40. The highest BCUT2D eigenvalue weighted by atomic mass is 16.5. The van der Waals surface area contributed by atoms with Crippen molar-refractivity contribution in [3.05, 3.63) is 5.69 Å². The van der Waals surface area contributed by atoms with Crippen molar-refractivity contribution < 1.29 is 14.6 Å². The normalized spacial score (nSPS) is 14.3. The molecule has 2 heterocycles. The van der Waals surface area contributed by atoms with Crippen LogP contribution in [0, 0.1) is 0 Å². The Hall–Kier alpha value is -1.72. The molecule has 0 aromatic carbocycles. The van der Waals surface area contributed by atoms with Crippen LogP contribution in [-0.2, 0) is 0 Å². The summed E-state index contributed by atoms with van der Waals surface area (Å²) >= 11 is 0. The number of H-pyrrole nitrogens is 1. The summed E-state index contributed by atoms with van der Waals surface area (Å²) in [5, 5.41) is 17.6. The molecule has 64 valence electrons. The van der Waals surface area contributed by atoms with E-state index < -0.39 is 5.97 Å². The van der Waals surface area contributed by atoms with Gasteiger partial charge in [0.15, 0.2) is 5.69 Å². The Bertz CT molecular complexity index is 320. The van der Waals surface area contributed by atoms with E-state index in [1.54, 1.807) is 0 Å². The van der Waals surface area contributed by atoms with Crippen LogP contribution >= 0.6 is 0 Å². The number of aromatic amines is 1. The van der Waals surface area contributed by atoms with Crippen LogP contribution in [0.4, 0.5) is 5.69 Å². The van der Waals surface area contributed by atoms with Gasteiger partial charge in [-0.3, -0.25) is 5.10 Å². The lowest BCUT2D eigenvalue weighted by Gasteiger charge is -2.13. The van der Waals surface area contributed by atoms with Crippen LogP contribution in [-0.4, -0.2) is 34.4 Å². The monoisotopic (exact) mass is 169 g/mol. The summed E-state index contributed by atoms with van der Waals surface area (Å²) in [5.74, 6) is -0.708. The Morgan fingerprint density at radius 1 is 1.67 bits per heavy atom. The van der Waals surface area contributed by atoms with E-state index in [9.17, 15) is 4.79 Å². The predicted molar refractivity (Wildman–Crippen MR) is 39.5 cm³/mol. The molecule has 0 aliphatic carbocycles. The summed E-state index contributed by atoms with van der Waals surface area (Å²) in [6, 6.07) is 0. The molecule has 3 N–H and O–H groups in total. The molecule has 0 unspecified atom stereocenters. The van der Waals surface area contributed by atoms with Crippen molar-refractivity contribution in [2.24, 2.45) is 0 Å². The van der Waals surface area contributed by atoms with Gasteiger partial charge in [-0.2, -0.15) is 0 Å². The topological polar surface area (TPSA) is 87.2 Å². The SMILES string of the molecule is O=C(O)c1[nH]nc2c1NCCO2. The number of hydrogen-bond donors (Lipinski definition) is 3.